The van der Waals surface area contributed by atoms with E-state index in [1.54, 1.807) is 6.92 Å². The fraction of sp³-hybridized carbons (Fsp3) is 0.500. The topological polar surface area (TPSA) is 158 Å². The Balaban J connectivity index is 1.76. The van der Waals surface area contributed by atoms with Gasteiger partial charge in [0.25, 0.3) is 0 Å². The number of carbonyl (C=O) groups is 3. The van der Waals surface area contributed by atoms with E-state index in [0.29, 0.717) is 17.7 Å². The molecule has 3 heterocycles. The van der Waals surface area contributed by atoms with Gasteiger partial charge in [0.2, 0.25) is 11.7 Å². The summed E-state index contributed by atoms with van der Waals surface area (Å²) in [5.74, 6) is -1.08. The number of allylic oxidation sites excluding steroid dienone is 2. The first kappa shape index (κ1) is 26.9. The number of phenolic OH excluding ortho intramolecular Hbond substituents is 1. The number of aryl methyl sites for hydroxylation is 1. The molecule has 0 spiro atoms. The van der Waals surface area contributed by atoms with Gasteiger partial charge in [-0.1, -0.05) is 6.07 Å². The molecule has 2 bridgehead atoms. The number of benzene rings is 1. The number of nitrogens with zero attached hydrogens (tertiary/aromatic N) is 3. The van der Waals surface area contributed by atoms with Crippen molar-refractivity contribution in [1.29, 1.82) is 5.26 Å². The average molecular weight is 536 g/mol. The van der Waals surface area contributed by atoms with Gasteiger partial charge in [-0.3, -0.25) is 24.2 Å². The standard InChI is InChI=1S/C28H33N5O6/c1-11-7-14-8-16-18(10-29)33-17(21(32(16)4)19(14)23(35)25(11)38-5)9-15-20(27(33)31-28(37)13(3)30)24(36)26(39-6)12(2)22(15)34/h7,13,16-18,21,27,35H,8-9,30H2,1-6H3,(H,31,37)/t13?,16-,17?,18+,21-,27-/m1/s1. The van der Waals surface area contributed by atoms with Crippen LogP contribution < -0.4 is 15.8 Å². The van der Waals surface area contributed by atoms with E-state index in [-0.39, 0.29) is 46.5 Å². The number of aromatic hydroxyl groups is 1. The summed E-state index contributed by atoms with van der Waals surface area (Å²) >= 11 is 0. The zero-order valence-corrected chi connectivity index (χ0v) is 22.9. The van der Waals surface area contributed by atoms with Gasteiger partial charge in [0.15, 0.2) is 23.0 Å². The van der Waals surface area contributed by atoms with Crippen molar-refractivity contribution in [1.82, 2.24) is 15.1 Å². The molecule has 39 heavy (non-hydrogen) atoms. The Morgan fingerprint density at radius 3 is 2.49 bits per heavy atom. The average Bonchev–Trinajstić information content (AvgIpc) is 2.88. The summed E-state index contributed by atoms with van der Waals surface area (Å²) in [6, 6.07) is 1.42. The third-order valence-electron chi connectivity index (χ3n) is 8.63. The van der Waals surface area contributed by atoms with Crippen LogP contribution in [0, 0.1) is 18.3 Å². The number of ketones is 2. The first-order valence-corrected chi connectivity index (χ1v) is 12.9. The Bertz CT molecular complexity index is 1410. The lowest BCUT2D eigenvalue weighted by Crippen LogP contribution is -2.73. The summed E-state index contributed by atoms with van der Waals surface area (Å²) in [6.07, 6.45) is -0.503. The van der Waals surface area contributed by atoms with Crippen LogP contribution in [0.5, 0.6) is 11.5 Å². The normalized spacial score (nSPS) is 29.2. The molecule has 2 unspecified atom stereocenters. The van der Waals surface area contributed by atoms with Gasteiger partial charge in [-0.25, -0.2) is 0 Å². The number of carbonyl (C=O) groups excluding carboxylic acids is 3. The number of likely N-dealkylation sites (N-methyl/N-ethyl adjacent to an activating group) is 1. The van der Waals surface area contributed by atoms with Gasteiger partial charge in [-0.05, 0) is 51.8 Å². The van der Waals surface area contributed by atoms with E-state index in [4.69, 9.17) is 15.2 Å². The van der Waals surface area contributed by atoms with Crippen molar-refractivity contribution >= 4 is 17.5 Å². The fourth-order valence-electron chi connectivity index (χ4n) is 6.88. The van der Waals surface area contributed by atoms with Gasteiger partial charge in [-0.2, -0.15) is 5.26 Å². The molecule has 1 saturated heterocycles. The Hall–Kier alpha value is -3.72. The molecule has 3 aliphatic heterocycles. The third kappa shape index (κ3) is 3.70. The first-order chi connectivity index (χ1) is 18.5. The number of nitrogens with one attached hydrogen (secondary N) is 1. The molecule has 4 N–H and O–H groups in total. The SMILES string of the molecule is COC1=C(C)C(=O)C2=C(C1=O)[C@H](NC(=O)C(C)N)N1C(C2)[C@@H]2c3c(cc(C)c(OC)c3O)C[C@H]([C@@H]1C#N)N2C. The Kier molecular flexibility index (Phi) is 6.53. The number of hydrogen-bond acceptors (Lipinski definition) is 10. The number of fused-ring (bicyclic) bond motifs is 6. The summed E-state index contributed by atoms with van der Waals surface area (Å²) in [6.45, 7) is 4.92. The molecule has 1 aromatic rings. The quantitative estimate of drug-likeness (QED) is 0.470. The van der Waals surface area contributed by atoms with Gasteiger partial charge < -0.3 is 25.6 Å². The van der Waals surface area contributed by atoms with E-state index >= 15 is 0 Å². The maximum absolute atomic E-state index is 13.7. The second kappa shape index (κ2) is 9.48. The molecular formula is C28H33N5O6. The second-order valence-corrected chi connectivity index (χ2v) is 10.7. The smallest absolute Gasteiger partial charge is 0.238 e. The first-order valence-electron chi connectivity index (χ1n) is 12.9. The van der Waals surface area contributed by atoms with Crippen LogP contribution in [0.3, 0.4) is 0 Å². The largest absolute Gasteiger partial charge is 0.504 e. The van der Waals surface area contributed by atoms with Crippen molar-refractivity contribution in [3.05, 3.63) is 45.2 Å². The van der Waals surface area contributed by atoms with Gasteiger partial charge in [0.1, 0.15) is 12.2 Å². The number of methoxy groups -OCH3 is 2. The molecule has 1 aromatic carbocycles. The highest BCUT2D eigenvalue weighted by Gasteiger charge is 2.58. The van der Waals surface area contributed by atoms with Crippen LogP contribution >= 0.6 is 0 Å². The molecule has 0 aromatic heterocycles. The molecule has 1 amide bonds. The van der Waals surface area contributed by atoms with Crippen LogP contribution in [-0.2, 0) is 25.5 Å². The van der Waals surface area contributed by atoms with Crippen LogP contribution in [-0.4, -0.2) is 84.0 Å². The number of rotatable bonds is 4. The Morgan fingerprint density at radius 2 is 1.90 bits per heavy atom. The monoisotopic (exact) mass is 535 g/mol. The fourth-order valence-corrected chi connectivity index (χ4v) is 6.88. The molecule has 1 fully saturated rings. The highest BCUT2D eigenvalue weighted by molar-refractivity contribution is 6.25. The van der Waals surface area contributed by atoms with Crippen molar-refractivity contribution < 1.29 is 29.0 Å². The Labute approximate surface area is 226 Å². The summed E-state index contributed by atoms with van der Waals surface area (Å²) in [7, 11) is 4.71. The molecule has 11 heteroatoms. The number of nitrogens with two attached hydrogens (primary N) is 1. The van der Waals surface area contributed by atoms with E-state index in [9.17, 15) is 24.8 Å². The number of piperazine rings is 1. The van der Waals surface area contributed by atoms with Crippen molar-refractivity contribution in [3.8, 4) is 17.6 Å². The molecule has 0 radical (unpaired) electrons. The summed E-state index contributed by atoms with van der Waals surface area (Å²) in [5.41, 5.74) is 8.77. The maximum Gasteiger partial charge on any atom is 0.238 e. The summed E-state index contributed by atoms with van der Waals surface area (Å²) in [5, 5.41) is 24.7. The van der Waals surface area contributed by atoms with Gasteiger partial charge in [0.05, 0.1) is 32.4 Å². The highest BCUT2D eigenvalue weighted by atomic mass is 16.5. The van der Waals surface area contributed by atoms with Crippen LogP contribution in [0.25, 0.3) is 0 Å². The number of hydrogen-bond donors (Lipinski definition) is 3. The molecule has 11 nitrogen and oxygen atoms in total. The minimum Gasteiger partial charge on any atom is -0.504 e. The molecule has 5 rings (SSSR count). The number of nitriles is 1. The van der Waals surface area contributed by atoms with Crippen LogP contribution in [0.1, 0.15) is 43.0 Å². The number of phenols is 1. The summed E-state index contributed by atoms with van der Waals surface area (Å²) in [4.78, 5) is 44.2. The van der Waals surface area contributed by atoms with E-state index in [0.717, 1.165) is 11.1 Å². The minimum atomic E-state index is -1.09. The highest BCUT2D eigenvalue weighted by Crippen LogP contribution is 2.53. The predicted octanol–water partition coefficient (Wildman–Crippen LogP) is 0.745. The van der Waals surface area contributed by atoms with Gasteiger partial charge in [-0.15, -0.1) is 0 Å². The molecule has 6 atom stereocenters. The molecule has 0 saturated carbocycles. The van der Waals surface area contributed by atoms with Crippen molar-refractivity contribution in [2.75, 3.05) is 21.3 Å². The lowest BCUT2D eigenvalue weighted by atomic mass is 9.71. The van der Waals surface area contributed by atoms with Crippen LogP contribution in [0.15, 0.2) is 28.5 Å². The van der Waals surface area contributed by atoms with Crippen LogP contribution in [0.2, 0.25) is 0 Å². The Morgan fingerprint density at radius 1 is 1.21 bits per heavy atom. The van der Waals surface area contributed by atoms with Crippen LogP contribution in [0.4, 0.5) is 0 Å². The van der Waals surface area contributed by atoms with Crippen molar-refractivity contribution in [3.63, 3.8) is 0 Å². The molecule has 1 aliphatic carbocycles. The van der Waals surface area contributed by atoms with Gasteiger partial charge >= 0.3 is 0 Å². The number of amides is 1. The maximum atomic E-state index is 13.7. The van der Waals surface area contributed by atoms with Crippen molar-refractivity contribution in [2.45, 2.75) is 70.0 Å². The molecular weight excluding hydrogens is 502 g/mol. The van der Waals surface area contributed by atoms with E-state index in [1.807, 2.05) is 24.9 Å². The predicted molar refractivity (Wildman–Crippen MR) is 139 cm³/mol. The lowest BCUT2D eigenvalue weighted by molar-refractivity contribution is -0.130. The van der Waals surface area contributed by atoms with E-state index < -0.39 is 42.0 Å². The lowest BCUT2D eigenvalue weighted by Gasteiger charge is -2.60. The minimum absolute atomic E-state index is 0.0119. The van der Waals surface area contributed by atoms with Gasteiger partial charge in [0, 0.05) is 34.4 Å². The molecule has 206 valence electrons. The molecule has 4 aliphatic rings. The number of ether oxygens (including phenoxy) is 2. The number of Topliss-reactive ketones (excluding diaryl/α,β-unsaturated/α-hetero) is 2. The van der Waals surface area contributed by atoms with E-state index in [2.05, 4.69) is 16.3 Å². The van der Waals surface area contributed by atoms with Crippen molar-refractivity contribution in [2.24, 2.45) is 5.73 Å². The van der Waals surface area contributed by atoms with E-state index in [1.165, 1.54) is 21.1 Å². The third-order valence-corrected chi connectivity index (χ3v) is 8.63. The second-order valence-electron chi connectivity index (χ2n) is 10.7. The summed E-state index contributed by atoms with van der Waals surface area (Å²) < 4.78 is 10.8. The zero-order chi connectivity index (χ0) is 28.5. The zero-order valence-electron chi connectivity index (χ0n) is 22.9.